The molecule has 1 aromatic rings. The van der Waals surface area contributed by atoms with Gasteiger partial charge in [-0.2, -0.15) is 0 Å². The molecule has 3 N–H and O–H groups in total. The van der Waals surface area contributed by atoms with Crippen molar-refractivity contribution in [2.24, 2.45) is 0 Å². The normalized spacial score (nSPS) is 12.2. The molecular weight excluding hydrogens is 218 g/mol. The Morgan fingerprint density at radius 3 is 2.76 bits per heavy atom. The van der Waals surface area contributed by atoms with Crippen molar-refractivity contribution in [1.82, 2.24) is 0 Å². The van der Waals surface area contributed by atoms with Crippen molar-refractivity contribution >= 4 is 11.7 Å². The van der Waals surface area contributed by atoms with Gasteiger partial charge in [0.1, 0.15) is 0 Å². The highest BCUT2D eigenvalue weighted by atomic mass is 16.4. The number of carboxylic acids is 1. The fraction of sp³-hybridized carbons (Fsp3) is 0.462. The van der Waals surface area contributed by atoms with Gasteiger partial charge >= 0.3 is 5.97 Å². The molecule has 1 atom stereocenters. The van der Waals surface area contributed by atoms with Crippen LogP contribution in [0, 0.1) is 6.92 Å². The fourth-order valence-electron chi connectivity index (χ4n) is 1.61. The van der Waals surface area contributed by atoms with Crippen molar-refractivity contribution in [2.75, 3.05) is 11.9 Å². The molecule has 1 unspecified atom stereocenters. The first-order valence-corrected chi connectivity index (χ1v) is 5.76. The van der Waals surface area contributed by atoms with Gasteiger partial charge in [0.25, 0.3) is 0 Å². The molecule has 0 aliphatic rings. The number of hydrogen-bond acceptors (Lipinski definition) is 3. The van der Waals surface area contributed by atoms with Crippen molar-refractivity contribution in [3.63, 3.8) is 0 Å². The molecule has 0 fully saturated rings. The third kappa shape index (κ3) is 4.44. The van der Waals surface area contributed by atoms with Crippen molar-refractivity contribution in [3.8, 4) is 0 Å². The van der Waals surface area contributed by atoms with Crippen LogP contribution in [0.2, 0.25) is 0 Å². The highest BCUT2D eigenvalue weighted by Crippen LogP contribution is 2.17. The maximum Gasteiger partial charge on any atom is 0.337 e. The number of benzene rings is 1. The number of aryl methyl sites for hydroxylation is 1. The molecule has 4 heteroatoms. The number of aromatic carboxylic acids is 1. The van der Waals surface area contributed by atoms with Crippen molar-refractivity contribution < 1.29 is 15.0 Å². The molecular formula is C13H19NO3. The van der Waals surface area contributed by atoms with Gasteiger partial charge in [0.05, 0.1) is 11.7 Å². The maximum absolute atomic E-state index is 11.0. The van der Waals surface area contributed by atoms with E-state index in [1.165, 1.54) is 0 Å². The molecule has 0 aromatic heterocycles. The molecule has 1 aromatic carbocycles. The largest absolute Gasteiger partial charge is 0.478 e. The van der Waals surface area contributed by atoms with Crippen LogP contribution in [0.25, 0.3) is 0 Å². The van der Waals surface area contributed by atoms with E-state index in [-0.39, 0.29) is 11.7 Å². The summed E-state index contributed by atoms with van der Waals surface area (Å²) in [6, 6.07) is 5.21. The number of carboxylic acid groups (broad SMARTS) is 1. The molecule has 0 saturated carbocycles. The van der Waals surface area contributed by atoms with E-state index in [0.717, 1.165) is 12.0 Å². The Hall–Kier alpha value is -1.55. The Morgan fingerprint density at radius 1 is 1.47 bits per heavy atom. The van der Waals surface area contributed by atoms with Crippen LogP contribution < -0.4 is 5.32 Å². The zero-order valence-corrected chi connectivity index (χ0v) is 10.2. The van der Waals surface area contributed by atoms with Crippen LogP contribution in [-0.4, -0.2) is 28.8 Å². The summed E-state index contributed by atoms with van der Waals surface area (Å²) < 4.78 is 0. The van der Waals surface area contributed by atoms with Crippen molar-refractivity contribution in [3.05, 3.63) is 29.3 Å². The van der Waals surface area contributed by atoms with E-state index >= 15 is 0 Å². The predicted octanol–water partition coefficient (Wildman–Crippen LogP) is 2.27. The summed E-state index contributed by atoms with van der Waals surface area (Å²) >= 11 is 0. The van der Waals surface area contributed by atoms with Gasteiger partial charge in [-0.15, -0.1) is 0 Å². The molecule has 0 amide bonds. The number of nitrogens with one attached hydrogen (secondary N) is 1. The van der Waals surface area contributed by atoms with Gasteiger partial charge < -0.3 is 15.5 Å². The van der Waals surface area contributed by atoms with Gasteiger partial charge in [0.15, 0.2) is 0 Å². The Bertz CT molecular complexity index is 388. The van der Waals surface area contributed by atoms with Gasteiger partial charge in [-0.3, -0.25) is 0 Å². The lowest BCUT2D eigenvalue weighted by molar-refractivity contribution is 0.0698. The predicted molar refractivity (Wildman–Crippen MR) is 67.5 cm³/mol. The maximum atomic E-state index is 11.0. The minimum absolute atomic E-state index is 0.285. The summed E-state index contributed by atoms with van der Waals surface area (Å²) in [5.41, 5.74) is 1.95. The number of aliphatic hydroxyl groups excluding tert-OH is 1. The molecule has 1 rings (SSSR count). The molecule has 0 heterocycles. The summed E-state index contributed by atoms with van der Waals surface area (Å²) in [5, 5.41) is 21.2. The van der Waals surface area contributed by atoms with Crippen LogP contribution in [0.4, 0.5) is 5.69 Å². The quantitative estimate of drug-likeness (QED) is 0.664. The first-order chi connectivity index (χ1) is 8.00. The Kier molecular flexibility index (Phi) is 4.97. The highest BCUT2D eigenvalue weighted by molar-refractivity contribution is 5.94. The van der Waals surface area contributed by atoms with Crippen LogP contribution >= 0.6 is 0 Å². The second-order valence-electron chi connectivity index (χ2n) is 4.27. The van der Waals surface area contributed by atoms with E-state index in [1.54, 1.807) is 19.1 Å². The second kappa shape index (κ2) is 6.25. The summed E-state index contributed by atoms with van der Waals surface area (Å²) in [4.78, 5) is 11.0. The molecule has 4 nitrogen and oxygen atoms in total. The second-order valence-corrected chi connectivity index (χ2v) is 4.27. The molecule has 0 saturated heterocycles. The number of carbonyl (C=O) groups is 1. The molecule has 0 radical (unpaired) electrons. The first kappa shape index (κ1) is 13.5. The monoisotopic (exact) mass is 237 g/mol. The SMILES string of the molecule is Cc1ccc(C(=O)O)c(NCCCC(C)O)c1. The molecule has 0 bridgehead atoms. The average molecular weight is 237 g/mol. The van der Waals surface area contributed by atoms with Crippen LogP contribution in [0.3, 0.4) is 0 Å². The topological polar surface area (TPSA) is 69.6 Å². The number of anilines is 1. The van der Waals surface area contributed by atoms with Crippen molar-refractivity contribution in [1.29, 1.82) is 0 Å². The van der Waals surface area contributed by atoms with Crippen LogP contribution in [-0.2, 0) is 0 Å². The smallest absolute Gasteiger partial charge is 0.337 e. The number of rotatable bonds is 6. The van der Waals surface area contributed by atoms with E-state index in [1.807, 2.05) is 13.0 Å². The lowest BCUT2D eigenvalue weighted by Gasteiger charge is -2.11. The standard InChI is InChI=1S/C13H19NO3/c1-9-5-6-11(13(16)17)12(8-9)14-7-3-4-10(2)15/h5-6,8,10,14-15H,3-4,7H2,1-2H3,(H,16,17). The molecule has 94 valence electrons. The van der Waals surface area contributed by atoms with Gasteiger partial charge in [-0.05, 0) is 44.4 Å². The van der Waals surface area contributed by atoms with Crippen molar-refractivity contribution in [2.45, 2.75) is 32.8 Å². The first-order valence-electron chi connectivity index (χ1n) is 5.76. The number of aliphatic hydroxyl groups is 1. The molecule has 0 aliphatic heterocycles. The highest BCUT2D eigenvalue weighted by Gasteiger charge is 2.09. The molecule has 0 spiro atoms. The van der Waals surface area contributed by atoms with E-state index in [9.17, 15) is 4.79 Å². The van der Waals surface area contributed by atoms with Gasteiger partial charge in [0.2, 0.25) is 0 Å². The zero-order valence-electron chi connectivity index (χ0n) is 10.2. The minimum Gasteiger partial charge on any atom is -0.478 e. The summed E-state index contributed by atoms with van der Waals surface area (Å²) in [6.45, 7) is 4.33. The fourth-order valence-corrected chi connectivity index (χ4v) is 1.61. The van der Waals surface area contributed by atoms with Crippen LogP contribution in [0.5, 0.6) is 0 Å². The van der Waals surface area contributed by atoms with E-state index in [0.29, 0.717) is 18.7 Å². The van der Waals surface area contributed by atoms with Crippen LogP contribution in [0.15, 0.2) is 18.2 Å². The lowest BCUT2D eigenvalue weighted by atomic mass is 10.1. The van der Waals surface area contributed by atoms with Gasteiger partial charge in [-0.1, -0.05) is 6.07 Å². The van der Waals surface area contributed by atoms with E-state index in [4.69, 9.17) is 10.2 Å². The Labute approximate surface area is 101 Å². The Morgan fingerprint density at radius 2 is 2.18 bits per heavy atom. The molecule has 17 heavy (non-hydrogen) atoms. The van der Waals surface area contributed by atoms with Crippen LogP contribution in [0.1, 0.15) is 35.7 Å². The van der Waals surface area contributed by atoms with E-state index in [2.05, 4.69) is 5.32 Å². The summed E-state index contributed by atoms with van der Waals surface area (Å²) in [5.74, 6) is -0.928. The molecule has 0 aliphatic carbocycles. The minimum atomic E-state index is -0.928. The average Bonchev–Trinajstić information content (AvgIpc) is 2.23. The van der Waals surface area contributed by atoms with Gasteiger partial charge in [0, 0.05) is 12.2 Å². The number of hydrogen-bond donors (Lipinski definition) is 3. The summed E-state index contributed by atoms with van der Waals surface area (Å²) in [7, 11) is 0. The zero-order chi connectivity index (χ0) is 12.8. The summed E-state index contributed by atoms with van der Waals surface area (Å²) in [6.07, 6.45) is 1.21. The Balaban J connectivity index is 2.62. The third-order valence-corrected chi connectivity index (χ3v) is 2.52. The third-order valence-electron chi connectivity index (χ3n) is 2.52. The lowest BCUT2D eigenvalue weighted by Crippen LogP contribution is -2.10. The van der Waals surface area contributed by atoms with E-state index < -0.39 is 5.97 Å². The van der Waals surface area contributed by atoms with Gasteiger partial charge in [-0.25, -0.2) is 4.79 Å².